The van der Waals surface area contributed by atoms with Gasteiger partial charge in [0.15, 0.2) is 10.8 Å². The van der Waals surface area contributed by atoms with Crippen LogP contribution in [-0.4, -0.2) is 22.2 Å². The van der Waals surface area contributed by atoms with Crippen LogP contribution in [0.25, 0.3) is 10.8 Å². The van der Waals surface area contributed by atoms with Crippen molar-refractivity contribution in [3.8, 4) is 10.8 Å². The van der Waals surface area contributed by atoms with Crippen LogP contribution in [0.15, 0.2) is 28.2 Å². The molecule has 5 heteroatoms. The van der Waals surface area contributed by atoms with E-state index in [0.717, 1.165) is 35.7 Å². The molecule has 18 heavy (non-hydrogen) atoms. The molecule has 2 aromatic rings. The highest BCUT2D eigenvalue weighted by molar-refractivity contribution is 7.13. The molecule has 0 aromatic carbocycles. The van der Waals surface area contributed by atoms with E-state index in [-0.39, 0.29) is 0 Å². The minimum atomic E-state index is -0.472. The largest absolute Gasteiger partial charge is 0.462 e. The lowest BCUT2D eigenvalue weighted by atomic mass is 9.80. The van der Waals surface area contributed by atoms with Gasteiger partial charge in [0.1, 0.15) is 0 Å². The maximum Gasteiger partial charge on any atom is 0.162 e. The molecule has 0 aliphatic heterocycles. The van der Waals surface area contributed by atoms with Crippen LogP contribution in [0.1, 0.15) is 25.0 Å². The molecule has 2 N–H and O–H groups in total. The highest BCUT2D eigenvalue weighted by Crippen LogP contribution is 2.30. The monoisotopic (exact) mass is 264 g/mol. The van der Waals surface area contributed by atoms with Gasteiger partial charge >= 0.3 is 0 Å². The van der Waals surface area contributed by atoms with E-state index in [1.54, 1.807) is 17.6 Å². The predicted molar refractivity (Wildman–Crippen MR) is 70.3 cm³/mol. The Bertz CT molecular complexity index is 503. The van der Waals surface area contributed by atoms with E-state index in [1.807, 2.05) is 17.5 Å². The number of aromatic nitrogens is 1. The van der Waals surface area contributed by atoms with E-state index < -0.39 is 5.60 Å². The Balaban J connectivity index is 1.54. The normalized spacial score (nSPS) is 17.6. The Kier molecular flexibility index (Phi) is 3.20. The zero-order valence-electron chi connectivity index (χ0n) is 10.1. The summed E-state index contributed by atoms with van der Waals surface area (Å²) in [6.45, 7) is 1.35. The van der Waals surface area contributed by atoms with Gasteiger partial charge in [-0.2, -0.15) is 0 Å². The zero-order chi connectivity index (χ0) is 12.4. The number of furan rings is 1. The molecule has 0 spiro atoms. The molecule has 1 fully saturated rings. The maximum atomic E-state index is 9.95. The third-order valence-corrected chi connectivity index (χ3v) is 4.23. The molecule has 0 amide bonds. The number of nitrogens with zero attached hydrogens (tertiary/aromatic N) is 1. The van der Waals surface area contributed by atoms with Crippen LogP contribution in [0, 0.1) is 0 Å². The first-order chi connectivity index (χ1) is 8.75. The van der Waals surface area contributed by atoms with Gasteiger partial charge in [-0.05, 0) is 31.4 Å². The third kappa shape index (κ3) is 2.48. The lowest BCUT2D eigenvalue weighted by molar-refractivity contribution is -0.0315. The molecule has 1 aliphatic carbocycles. The zero-order valence-corrected chi connectivity index (χ0v) is 10.9. The lowest BCUT2D eigenvalue weighted by Crippen LogP contribution is -2.46. The number of thiazole rings is 1. The molecule has 96 valence electrons. The summed E-state index contributed by atoms with van der Waals surface area (Å²) in [6.07, 6.45) is 4.61. The molecule has 1 aliphatic rings. The first-order valence-electron chi connectivity index (χ1n) is 6.17. The molecule has 0 bridgehead atoms. The van der Waals surface area contributed by atoms with E-state index in [1.165, 1.54) is 0 Å². The Morgan fingerprint density at radius 3 is 3.06 bits per heavy atom. The molecule has 0 atom stereocenters. The minimum Gasteiger partial charge on any atom is -0.462 e. The Morgan fingerprint density at radius 1 is 1.50 bits per heavy atom. The second-order valence-corrected chi connectivity index (χ2v) is 5.66. The first kappa shape index (κ1) is 11.9. The summed E-state index contributed by atoms with van der Waals surface area (Å²) in [7, 11) is 0. The van der Waals surface area contributed by atoms with Gasteiger partial charge in [0.25, 0.3) is 0 Å². The van der Waals surface area contributed by atoms with Crippen LogP contribution in [0.5, 0.6) is 0 Å². The van der Waals surface area contributed by atoms with Crippen molar-refractivity contribution in [2.45, 2.75) is 31.4 Å². The fraction of sp³-hybridized carbons (Fsp3) is 0.462. The van der Waals surface area contributed by atoms with Crippen molar-refractivity contribution in [1.82, 2.24) is 10.3 Å². The van der Waals surface area contributed by atoms with Gasteiger partial charge in [0, 0.05) is 18.5 Å². The van der Waals surface area contributed by atoms with Gasteiger partial charge in [-0.1, -0.05) is 0 Å². The molecule has 0 unspecified atom stereocenters. The van der Waals surface area contributed by atoms with Crippen molar-refractivity contribution in [2.24, 2.45) is 0 Å². The van der Waals surface area contributed by atoms with Gasteiger partial charge in [-0.15, -0.1) is 11.3 Å². The number of aliphatic hydroxyl groups is 1. The Hall–Kier alpha value is -1.17. The van der Waals surface area contributed by atoms with Crippen LogP contribution >= 0.6 is 11.3 Å². The van der Waals surface area contributed by atoms with Crippen molar-refractivity contribution < 1.29 is 9.52 Å². The van der Waals surface area contributed by atoms with Gasteiger partial charge in [0.2, 0.25) is 0 Å². The number of rotatable bonds is 5. The van der Waals surface area contributed by atoms with E-state index in [2.05, 4.69) is 10.3 Å². The highest BCUT2D eigenvalue weighted by Gasteiger charge is 2.33. The highest BCUT2D eigenvalue weighted by atomic mass is 32.1. The minimum absolute atomic E-state index is 0.472. The van der Waals surface area contributed by atoms with Crippen LogP contribution < -0.4 is 5.32 Å². The Morgan fingerprint density at radius 2 is 2.39 bits per heavy atom. The molecule has 0 radical (unpaired) electrons. The van der Waals surface area contributed by atoms with Crippen molar-refractivity contribution >= 4 is 11.3 Å². The summed E-state index contributed by atoms with van der Waals surface area (Å²) in [5.41, 5.74) is 0.522. The van der Waals surface area contributed by atoms with Crippen molar-refractivity contribution in [3.05, 3.63) is 29.5 Å². The lowest BCUT2D eigenvalue weighted by Gasteiger charge is -2.36. The quantitative estimate of drug-likeness (QED) is 0.870. The average Bonchev–Trinajstić information content (AvgIpc) is 2.96. The summed E-state index contributed by atoms with van der Waals surface area (Å²) in [6, 6.07) is 3.77. The molecular formula is C13H16N2O2S. The summed E-state index contributed by atoms with van der Waals surface area (Å²) < 4.78 is 5.31. The van der Waals surface area contributed by atoms with Gasteiger partial charge in [0.05, 0.1) is 17.6 Å². The first-order valence-corrected chi connectivity index (χ1v) is 7.05. The van der Waals surface area contributed by atoms with Crippen LogP contribution in [0.3, 0.4) is 0 Å². The van der Waals surface area contributed by atoms with Crippen LogP contribution in [0.4, 0.5) is 0 Å². The molecule has 3 rings (SSSR count). The molecule has 2 aromatic heterocycles. The van der Waals surface area contributed by atoms with E-state index in [9.17, 15) is 5.11 Å². The van der Waals surface area contributed by atoms with Crippen molar-refractivity contribution in [2.75, 3.05) is 6.54 Å². The fourth-order valence-electron chi connectivity index (χ4n) is 2.09. The van der Waals surface area contributed by atoms with Gasteiger partial charge in [-0.25, -0.2) is 4.98 Å². The van der Waals surface area contributed by atoms with E-state index in [4.69, 9.17) is 4.42 Å². The van der Waals surface area contributed by atoms with E-state index in [0.29, 0.717) is 13.1 Å². The van der Waals surface area contributed by atoms with Gasteiger partial charge < -0.3 is 14.8 Å². The number of nitrogens with one attached hydrogen (secondary N) is 1. The van der Waals surface area contributed by atoms with Gasteiger partial charge in [-0.3, -0.25) is 0 Å². The fourth-order valence-corrected chi connectivity index (χ4v) is 2.87. The molecule has 1 saturated carbocycles. The summed E-state index contributed by atoms with van der Waals surface area (Å²) in [5.74, 6) is 0.809. The number of hydrogen-bond donors (Lipinski definition) is 2. The topological polar surface area (TPSA) is 58.3 Å². The predicted octanol–water partition coefficient (Wildman–Crippen LogP) is 2.41. The van der Waals surface area contributed by atoms with E-state index >= 15 is 0 Å². The SMILES string of the molecule is OC1(CNCc2csc(-c3ccco3)n2)CCC1. The second-order valence-electron chi connectivity index (χ2n) is 4.80. The third-order valence-electron chi connectivity index (χ3n) is 3.33. The van der Waals surface area contributed by atoms with Crippen LogP contribution in [-0.2, 0) is 6.54 Å². The van der Waals surface area contributed by atoms with Crippen LogP contribution in [0.2, 0.25) is 0 Å². The van der Waals surface area contributed by atoms with Crippen molar-refractivity contribution in [3.63, 3.8) is 0 Å². The Labute approximate surface area is 110 Å². The van der Waals surface area contributed by atoms with Crippen molar-refractivity contribution in [1.29, 1.82) is 0 Å². The summed E-state index contributed by atoms with van der Waals surface area (Å²) >= 11 is 1.58. The molecule has 2 heterocycles. The molecule has 4 nitrogen and oxygen atoms in total. The maximum absolute atomic E-state index is 9.95. The average molecular weight is 264 g/mol. The number of hydrogen-bond acceptors (Lipinski definition) is 5. The summed E-state index contributed by atoms with van der Waals surface area (Å²) in [4.78, 5) is 4.50. The standard InChI is InChI=1S/C13H16N2O2S/c16-13(4-2-5-13)9-14-7-10-8-18-12(15-10)11-3-1-6-17-11/h1,3,6,8,14,16H,2,4-5,7,9H2. The molecular weight excluding hydrogens is 248 g/mol. The summed E-state index contributed by atoms with van der Waals surface area (Å²) in [5, 5.41) is 16.1. The molecule has 0 saturated heterocycles. The second kappa shape index (κ2) is 4.84. The smallest absolute Gasteiger partial charge is 0.162 e.